The Labute approximate surface area is 392 Å². The van der Waals surface area contributed by atoms with Crippen LogP contribution < -0.4 is 5.32 Å². The van der Waals surface area contributed by atoms with E-state index in [0.29, 0.717) is 19.4 Å². The molecular formula is C57H107NO5. The number of aliphatic hydroxyl groups is 2. The van der Waals surface area contributed by atoms with Crippen LogP contribution in [0.4, 0.5) is 0 Å². The third kappa shape index (κ3) is 49.4. The highest BCUT2D eigenvalue weighted by atomic mass is 16.5. The van der Waals surface area contributed by atoms with Crippen molar-refractivity contribution in [2.75, 3.05) is 13.2 Å². The van der Waals surface area contributed by atoms with E-state index in [-0.39, 0.29) is 18.5 Å². The number of aliphatic hydroxyl groups excluding tert-OH is 2. The van der Waals surface area contributed by atoms with Crippen LogP contribution >= 0.6 is 0 Å². The molecule has 0 heterocycles. The number of esters is 1. The smallest absolute Gasteiger partial charge is 0.305 e. The normalized spacial score (nSPS) is 12.9. The van der Waals surface area contributed by atoms with E-state index in [1.165, 1.54) is 186 Å². The van der Waals surface area contributed by atoms with Crippen molar-refractivity contribution < 1.29 is 24.5 Å². The molecule has 2 unspecified atom stereocenters. The van der Waals surface area contributed by atoms with E-state index >= 15 is 0 Å². The van der Waals surface area contributed by atoms with Crippen LogP contribution in [0, 0.1) is 0 Å². The van der Waals surface area contributed by atoms with Gasteiger partial charge in [0.2, 0.25) is 5.91 Å². The molecule has 0 spiro atoms. The molecule has 6 nitrogen and oxygen atoms in total. The molecule has 0 aromatic rings. The van der Waals surface area contributed by atoms with Crippen molar-refractivity contribution in [3.8, 4) is 0 Å². The fourth-order valence-electron chi connectivity index (χ4n) is 8.39. The minimum absolute atomic E-state index is 0.0202. The maximum absolute atomic E-state index is 12.4. The first-order valence-electron chi connectivity index (χ1n) is 27.8. The van der Waals surface area contributed by atoms with Gasteiger partial charge < -0.3 is 20.3 Å². The minimum atomic E-state index is -0.859. The number of hydrogen-bond acceptors (Lipinski definition) is 5. The van der Waals surface area contributed by atoms with Gasteiger partial charge in [-0.1, -0.05) is 249 Å². The average Bonchev–Trinajstić information content (AvgIpc) is 3.28. The molecule has 0 aromatic carbocycles. The van der Waals surface area contributed by atoms with Gasteiger partial charge in [-0.2, -0.15) is 0 Å². The minimum Gasteiger partial charge on any atom is -0.466 e. The Hall–Kier alpha value is -1.92. The van der Waals surface area contributed by atoms with Gasteiger partial charge in [-0.15, -0.1) is 0 Å². The maximum Gasteiger partial charge on any atom is 0.305 e. The standard InChI is InChI=1S/C57H107NO5/c1-3-5-7-9-11-13-15-17-19-22-25-29-33-37-41-45-49-55(60)54(53-59)58-56(61)50-46-42-38-34-30-26-23-20-24-28-32-36-40-44-48-52-63-57(62)51-47-43-39-35-31-27-21-18-16-14-12-10-8-6-4-2/h20,24,28,32,45,49,54-55,59-60H,3-19,21-23,25-27,29-31,33-44,46-48,50-53H2,1-2H3,(H,58,61)/b24-20-,32-28-,49-45+. The Balaban J connectivity index is 3.54. The Morgan fingerprint density at radius 1 is 0.444 bits per heavy atom. The molecule has 1 amide bonds. The lowest BCUT2D eigenvalue weighted by Crippen LogP contribution is -2.45. The average molecular weight is 886 g/mol. The fraction of sp³-hybridized carbons (Fsp3) is 0.860. The number of rotatable bonds is 51. The van der Waals surface area contributed by atoms with Gasteiger partial charge in [-0.05, 0) is 64.2 Å². The number of hydrogen-bond donors (Lipinski definition) is 3. The molecule has 0 rings (SSSR count). The van der Waals surface area contributed by atoms with Crippen LogP contribution in [0.15, 0.2) is 36.5 Å². The summed E-state index contributed by atoms with van der Waals surface area (Å²) < 4.78 is 5.45. The molecule has 0 aliphatic rings. The zero-order valence-electron chi connectivity index (χ0n) is 42.1. The molecule has 0 radical (unpaired) electrons. The quantitative estimate of drug-likeness (QED) is 0.0245. The highest BCUT2D eigenvalue weighted by molar-refractivity contribution is 5.76. The topological polar surface area (TPSA) is 95.9 Å². The van der Waals surface area contributed by atoms with Crippen molar-refractivity contribution in [1.82, 2.24) is 5.32 Å². The zero-order valence-corrected chi connectivity index (χ0v) is 42.1. The van der Waals surface area contributed by atoms with Crippen LogP contribution in [-0.4, -0.2) is 47.4 Å². The molecule has 0 aliphatic heterocycles. The molecule has 0 fully saturated rings. The predicted octanol–water partition coefficient (Wildman–Crippen LogP) is 16.9. The highest BCUT2D eigenvalue weighted by Gasteiger charge is 2.18. The lowest BCUT2D eigenvalue weighted by Gasteiger charge is -2.20. The Kier molecular flexibility index (Phi) is 51.1. The van der Waals surface area contributed by atoms with E-state index in [4.69, 9.17) is 4.74 Å². The molecule has 0 saturated heterocycles. The summed E-state index contributed by atoms with van der Waals surface area (Å²) >= 11 is 0. The van der Waals surface area contributed by atoms with E-state index in [1.807, 2.05) is 6.08 Å². The molecule has 63 heavy (non-hydrogen) atoms. The number of nitrogens with one attached hydrogen (secondary N) is 1. The van der Waals surface area contributed by atoms with E-state index in [1.54, 1.807) is 6.08 Å². The molecule has 0 aromatic heterocycles. The van der Waals surface area contributed by atoms with E-state index in [2.05, 4.69) is 43.5 Å². The lowest BCUT2D eigenvalue weighted by molar-refractivity contribution is -0.143. The van der Waals surface area contributed by atoms with Gasteiger partial charge in [0, 0.05) is 12.8 Å². The Morgan fingerprint density at radius 2 is 0.778 bits per heavy atom. The van der Waals surface area contributed by atoms with Crippen LogP contribution in [0.2, 0.25) is 0 Å². The van der Waals surface area contributed by atoms with Gasteiger partial charge in [0.15, 0.2) is 0 Å². The SMILES string of the molecule is CCCCCCCCCCCCCCCC/C=C/C(O)C(CO)NC(=O)CCCCCCCC/C=C\C=C/CCCCCOC(=O)CCCCCCCCCCCCCCCCC. The van der Waals surface area contributed by atoms with Gasteiger partial charge in [-0.3, -0.25) is 9.59 Å². The van der Waals surface area contributed by atoms with Crippen LogP contribution in [0.25, 0.3) is 0 Å². The maximum atomic E-state index is 12.4. The summed E-state index contributed by atoms with van der Waals surface area (Å²) in [4.78, 5) is 24.5. The molecule has 2 atom stereocenters. The number of allylic oxidation sites excluding steroid dienone is 5. The second kappa shape index (κ2) is 52.7. The summed E-state index contributed by atoms with van der Waals surface area (Å²) in [7, 11) is 0. The predicted molar refractivity (Wildman–Crippen MR) is 273 cm³/mol. The molecular weight excluding hydrogens is 779 g/mol. The first kappa shape index (κ1) is 61.1. The molecule has 6 heteroatoms. The third-order valence-corrected chi connectivity index (χ3v) is 12.7. The first-order valence-corrected chi connectivity index (χ1v) is 27.8. The number of amides is 1. The van der Waals surface area contributed by atoms with Crippen LogP contribution in [0.5, 0.6) is 0 Å². The third-order valence-electron chi connectivity index (χ3n) is 12.7. The highest BCUT2D eigenvalue weighted by Crippen LogP contribution is 2.16. The largest absolute Gasteiger partial charge is 0.466 e. The summed E-state index contributed by atoms with van der Waals surface area (Å²) in [5.41, 5.74) is 0. The van der Waals surface area contributed by atoms with E-state index in [0.717, 1.165) is 77.0 Å². The van der Waals surface area contributed by atoms with E-state index < -0.39 is 12.1 Å². The fourth-order valence-corrected chi connectivity index (χ4v) is 8.39. The van der Waals surface area contributed by atoms with E-state index in [9.17, 15) is 19.8 Å². The van der Waals surface area contributed by atoms with Crippen molar-refractivity contribution in [3.63, 3.8) is 0 Å². The van der Waals surface area contributed by atoms with Gasteiger partial charge >= 0.3 is 5.97 Å². The van der Waals surface area contributed by atoms with Crippen LogP contribution in [-0.2, 0) is 14.3 Å². The van der Waals surface area contributed by atoms with Crippen molar-refractivity contribution in [3.05, 3.63) is 36.5 Å². The monoisotopic (exact) mass is 886 g/mol. The zero-order chi connectivity index (χ0) is 45.8. The molecule has 0 bridgehead atoms. The summed E-state index contributed by atoms with van der Waals surface area (Å²) in [6.45, 7) is 4.85. The number of ether oxygens (including phenoxy) is 1. The summed E-state index contributed by atoms with van der Waals surface area (Å²) in [6, 6.07) is -0.644. The van der Waals surface area contributed by atoms with Crippen molar-refractivity contribution >= 4 is 11.9 Å². The molecule has 0 aliphatic carbocycles. The van der Waals surface area contributed by atoms with Crippen LogP contribution in [0.3, 0.4) is 0 Å². The van der Waals surface area contributed by atoms with Crippen molar-refractivity contribution in [2.24, 2.45) is 0 Å². The number of carbonyl (C=O) groups is 2. The second-order valence-corrected chi connectivity index (χ2v) is 18.9. The van der Waals surface area contributed by atoms with Gasteiger partial charge in [0.05, 0.1) is 25.4 Å². The molecule has 3 N–H and O–H groups in total. The van der Waals surface area contributed by atoms with Gasteiger partial charge in [-0.25, -0.2) is 0 Å². The summed E-state index contributed by atoms with van der Waals surface area (Å²) in [6.07, 6.45) is 64.4. The Bertz CT molecular complexity index is 1020. The second-order valence-electron chi connectivity index (χ2n) is 18.9. The summed E-state index contributed by atoms with van der Waals surface area (Å²) in [5, 5.41) is 23.1. The number of unbranched alkanes of at least 4 members (excludes halogenated alkanes) is 37. The van der Waals surface area contributed by atoms with Crippen molar-refractivity contribution in [1.29, 1.82) is 0 Å². The first-order chi connectivity index (χ1) is 31.0. The Morgan fingerprint density at radius 3 is 1.17 bits per heavy atom. The number of carbonyl (C=O) groups excluding carboxylic acids is 2. The molecule has 370 valence electrons. The lowest BCUT2D eigenvalue weighted by atomic mass is 10.0. The van der Waals surface area contributed by atoms with Crippen LogP contribution in [0.1, 0.15) is 290 Å². The van der Waals surface area contributed by atoms with Gasteiger partial charge in [0.1, 0.15) is 0 Å². The summed E-state index contributed by atoms with van der Waals surface area (Å²) in [5.74, 6) is -0.110. The van der Waals surface area contributed by atoms with Gasteiger partial charge in [0.25, 0.3) is 0 Å². The van der Waals surface area contributed by atoms with Crippen molar-refractivity contribution in [2.45, 2.75) is 302 Å². The molecule has 0 saturated carbocycles.